The number of piperidine rings is 1. The fourth-order valence-corrected chi connectivity index (χ4v) is 1.77. The standard InChI is InChI=1S/C11H14N4O/c12-6-10-11(15-5-4-14-10)16-8-9-2-1-3-13-7-9/h4-5,9,13H,1-3,7-8H2/t9-/m0/s1. The van der Waals surface area contributed by atoms with Gasteiger partial charge in [-0.1, -0.05) is 0 Å². The molecule has 1 fully saturated rings. The molecular weight excluding hydrogens is 204 g/mol. The van der Waals surface area contributed by atoms with Crippen molar-refractivity contribution < 1.29 is 4.74 Å². The molecule has 0 spiro atoms. The molecule has 0 aliphatic carbocycles. The first-order valence-corrected chi connectivity index (χ1v) is 5.45. The van der Waals surface area contributed by atoms with Crippen molar-refractivity contribution in [2.45, 2.75) is 12.8 Å². The Labute approximate surface area is 94.5 Å². The molecule has 1 aromatic rings. The van der Waals surface area contributed by atoms with E-state index in [1.807, 2.05) is 6.07 Å². The van der Waals surface area contributed by atoms with Crippen LogP contribution in [-0.4, -0.2) is 29.7 Å². The average molecular weight is 218 g/mol. The van der Waals surface area contributed by atoms with E-state index in [-0.39, 0.29) is 5.69 Å². The van der Waals surface area contributed by atoms with E-state index in [1.165, 1.54) is 18.8 Å². The Morgan fingerprint density at radius 2 is 2.38 bits per heavy atom. The van der Waals surface area contributed by atoms with Crippen LogP contribution in [-0.2, 0) is 0 Å². The van der Waals surface area contributed by atoms with Gasteiger partial charge in [-0.05, 0) is 19.4 Å². The van der Waals surface area contributed by atoms with Crippen LogP contribution in [0.2, 0.25) is 0 Å². The van der Waals surface area contributed by atoms with Gasteiger partial charge in [-0.2, -0.15) is 5.26 Å². The molecule has 0 radical (unpaired) electrons. The van der Waals surface area contributed by atoms with Crippen LogP contribution in [0.5, 0.6) is 5.88 Å². The molecule has 0 bridgehead atoms. The third-order valence-corrected chi connectivity index (χ3v) is 2.63. The molecule has 1 N–H and O–H groups in total. The molecule has 1 saturated heterocycles. The lowest BCUT2D eigenvalue weighted by Gasteiger charge is -2.22. The van der Waals surface area contributed by atoms with Crippen LogP contribution in [0.3, 0.4) is 0 Å². The van der Waals surface area contributed by atoms with Gasteiger partial charge in [0, 0.05) is 24.9 Å². The van der Waals surface area contributed by atoms with Crippen molar-refractivity contribution in [3.63, 3.8) is 0 Å². The molecule has 0 amide bonds. The van der Waals surface area contributed by atoms with Crippen LogP contribution in [0.25, 0.3) is 0 Å². The van der Waals surface area contributed by atoms with E-state index in [0.29, 0.717) is 18.4 Å². The maximum Gasteiger partial charge on any atom is 0.251 e. The summed E-state index contributed by atoms with van der Waals surface area (Å²) in [5, 5.41) is 12.1. The molecule has 1 atom stereocenters. The van der Waals surface area contributed by atoms with Crippen LogP contribution in [0, 0.1) is 17.2 Å². The van der Waals surface area contributed by atoms with Gasteiger partial charge in [0.1, 0.15) is 6.07 Å². The van der Waals surface area contributed by atoms with Gasteiger partial charge in [0.25, 0.3) is 5.88 Å². The predicted molar refractivity (Wildman–Crippen MR) is 57.8 cm³/mol. The molecule has 16 heavy (non-hydrogen) atoms. The number of hydrogen-bond donors (Lipinski definition) is 1. The van der Waals surface area contributed by atoms with E-state index in [1.54, 1.807) is 0 Å². The molecule has 2 rings (SSSR count). The van der Waals surface area contributed by atoms with Crippen molar-refractivity contribution in [2.24, 2.45) is 5.92 Å². The molecule has 2 heterocycles. The first kappa shape index (κ1) is 10.8. The second kappa shape index (κ2) is 5.42. The Morgan fingerprint density at radius 3 is 3.12 bits per heavy atom. The Bertz CT molecular complexity index is 382. The maximum absolute atomic E-state index is 8.81. The number of rotatable bonds is 3. The molecule has 5 heteroatoms. The van der Waals surface area contributed by atoms with Gasteiger partial charge in [-0.15, -0.1) is 0 Å². The number of nitriles is 1. The van der Waals surface area contributed by atoms with E-state index in [2.05, 4.69) is 15.3 Å². The second-order valence-corrected chi connectivity index (χ2v) is 3.85. The highest BCUT2D eigenvalue weighted by molar-refractivity contribution is 5.29. The van der Waals surface area contributed by atoms with Crippen molar-refractivity contribution in [2.75, 3.05) is 19.7 Å². The quantitative estimate of drug-likeness (QED) is 0.809. The molecule has 1 aliphatic rings. The minimum Gasteiger partial charge on any atom is -0.475 e. The molecule has 1 aromatic heterocycles. The van der Waals surface area contributed by atoms with Gasteiger partial charge >= 0.3 is 0 Å². The van der Waals surface area contributed by atoms with Gasteiger partial charge in [0.2, 0.25) is 5.69 Å². The van der Waals surface area contributed by atoms with Gasteiger partial charge < -0.3 is 10.1 Å². The maximum atomic E-state index is 8.81. The highest BCUT2D eigenvalue weighted by atomic mass is 16.5. The van der Waals surface area contributed by atoms with E-state index in [0.717, 1.165) is 19.5 Å². The van der Waals surface area contributed by atoms with Crippen molar-refractivity contribution in [1.82, 2.24) is 15.3 Å². The van der Waals surface area contributed by atoms with Crippen LogP contribution >= 0.6 is 0 Å². The van der Waals surface area contributed by atoms with Crippen molar-refractivity contribution in [3.8, 4) is 11.9 Å². The summed E-state index contributed by atoms with van der Waals surface area (Å²) >= 11 is 0. The minimum atomic E-state index is 0.256. The van der Waals surface area contributed by atoms with E-state index >= 15 is 0 Å². The number of ether oxygens (including phenoxy) is 1. The van der Waals surface area contributed by atoms with E-state index in [4.69, 9.17) is 10.00 Å². The summed E-state index contributed by atoms with van der Waals surface area (Å²) in [6.07, 6.45) is 5.37. The SMILES string of the molecule is N#Cc1nccnc1OC[C@H]1CCCNC1. The Kier molecular flexibility index (Phi) is 3.67. The minimum absolute atomic E-state index is 0.256. The zero-order valence-corrected chi connectivity index (χ0v) is 9.02. The Balaban J connectivity index is 1.91. The first-order valence-electron chi connectivity index (χ1n) is 5.45. The highest BCUT2D eigenvalue weighted by Gasteiger charge is 2.15. The molecule has 0 unspecified atom stereocenters. The summed E-state index contributed by atoms with van der Waals surface area (Å²) < 4.78 is 5.53. The molecule has 5 nitrogen and oxygen atoms in total. The molecular formula is C11H14N4O. The lowest BCUT2D eigenvalue weighted by Crippen LogP contribution is -2.33. The zero-order valence-electron chi connectivity index (χ0n) is 9.02. The smallest absolute Gasteiger partial charge is 0.251 e. The number of nitrogens with zero attached hydrogens (tertiary/aromatic N) is 3. The van der Waals surface area contributed by atoms with Crippen molar-refractivity contribution in [3.05, 3.63) is 18.1 Å². The largest absolute Gasteiger partial charge is 0.475 e. The monoisotopic (exact) mass is 218 g/mol. The second-order valence-electron chi connectivity index (χ2n) is 3.85. The summed E-state index contributed by atoms with van der Waals surface area (Å²) in [5.41, 5.74) is 0.256. The first-order chi connectivity index (χ1) is 7.90. The van der Waals surface area contributed by atoms with Crippen LogP contribution in [0.15, 0.2) is 12.4 Å². The van der Waals surface area contributed by atoms with Crippen molar-refractivity contribution in [1.29, 1.82) is 5.26 Å². The molecule has 0 saturated carbocycles. The number of aromatic nitrogens is 2. The Morgan fingerprint density at radius 1 is 1.50 bits per heavy atom. The predicted octanol–water partition coefficient (Wildman–Crippen LogP) is 0.727. The number of nitrogens with one attached hydrogen (secondary N) is 1. The molecule has 0 aromatic carbocycles. The molecule has 1 aliphatic heterocycles. The highest BCUT2D eigenvalue weighted by Crippen LogP contribution is 2.14. The van der Waals surface area contributed by atoms with Crippen LogP contribution in [0.4, 0.5) is 0 Å². The third kappa shape index (κ3) is 2.67. The van der Waals surface area contributed by atoms with Gasteiger partial charge in [0.15, 0.2) is 0 Å². The van der Waals surface area contributed by atoms with Crippen molar-refractivity contribution >= 4 is 0 Å². The average Bonchev–Trinajstić information content (AvgIpc) is 2.38. The van der Waals surface area contributed by atoms with Gasteiger partial charge in [0.05, 0.1) is 6.61 Å². The fraction of sp³-hybridized carbons (Fsp3) is 0.545. The summed E-state index contributed by atoms with van der Waals surface area (Å²) in [4.78, 5) is 7.90. The summed E-state index contributed by atoms with van der Waals surface area (Å²) in [6, 6.07) is 1.97. The van der Waals surface area contributed by atoms with E-state index < -0.39 is 0 Å². The normalized spacial score (nSPS) is 20.1. The van der Waals surface area contributed by atoms with Crippen LogP contribution in [0.1, 0.15) is 18.5 Å². The van der Waals surface area contributed by atoms with E-state index in [9.17, 15) is 0 Å². The Hall–Kier alpha value is -1.67. The lowest BCUT2D eigenvalue weighted by molar-refractivity contribution is 0.211. The van der Waals surface area contributed by atoms with Crippen LogP contribution < -0.4 is 10.1 Å². The summed E-state index contributed by atoms with van der Waals surface area (Å²) in [7, 11) is 0. The van der Waals surface area contributed by atoms with Gasteiger partial charge in [-0.3, -0.25) is 0 Å². The number of hydrogen-bond acceptors (Lipinski definition) is 5. The lowest BCUT2D eigenvalue weighted by atomic mass is 10.0. The zero-order chi connectivity index (χ0) is 11.2. The molecule has 84 valence electrons. The summed E-state index contributed by atoms with van der Waals surface area (Å²) in [6.45, 7) is 2.66. The summed E-state index contributed by atoms with van der Waals surface area (Å²) in [5.74, 6) is 0.845. The fourth-order valence-electron chi connectivity index (χ4n) is 1.77. The topological polar surface area (TPSA) is 70.8 Å². The van der Waals surface area contributed by atoms with Gasteiger partial charge in [-0.25, -0.2) is 9.97 Å². The third-order valence-electron chi connectivity index (χ3n) is 2.63.